The summed E-state index contributed by atoms with van der Waals surface area (Å²) >= 11 is 0. The summed E-state index contributed by atoms with van der Waals surface area (Å²) in [5, 5.41) is 18.1. The number of nitrogens with one attached hydrogen (secondary N) is 3. The zero-order valence-electron chi connectivity index (χ0n) is 38.4. The van der Waals surface area contributed by atoms with Crippen molar-refractivity contribution in [2.75, 3.05) is 55.6 Å². The molecule has 3 aliphatic rings. The molecular formula is C51H60N10O4. The number of piperidine rings is 2. The molecule has 2 atom stereocenters. The molecule has 3 aliphatic heterocycles. The van der Waals surface area contributed by atoms with Gasteiger partial charge >= 0.3 is 0 Å². The Labute approximate surface area is 380 Å². The van der Waals surface area contributed by atoms with E-state index in [4.69, 9.17) is 9.51 Å². The third-order valence-electron chi connectivity index (χ3n) is 13.7. The lowest BCUT2D eigenvalue weighted by atomic mass is 9.87. The second kappa shape index (κ2) is 18.2. The fourth-order valence-corrected chi connectivity index (χ4v) is 9.73. The summed E-state index contributed by atoms with van der Waals surface area (Å²) in [4.78, 5) is 53.7. The predicted octanol–water partition coefficient (Wildman–Crippen LogP) is 8.03. The molecule has 0 bridgehead atoms. The van der Waals surface area contributed by atoms with E-state index in [1.807, 2.05) is 52.9 Å². The summed E-state index contributed by atoms with van der Waals surface area (Å²) in [6, 6.07) is 23.4. The van der Waals surface area contributed by atoms with Gasteiger partial charge < -0.3 is 19.6 Å². The number of rotatable bonds is 11. The van der Waals surface area contributed by atoms with Gasteiger partial charge in [0.05, 0.1) is 12.0 Å². The van der Waals surface area contributed by atoms with Crippen LogP contribution in [-0.2, 0) is 15.0 Å². The van der Waals surface area contributed by atoms with E-state index >= 15 is 0 Å². The first-order valence-electron chi connectivity index (χ1n) is 23.1. The summed E-state index contributed by atoms with van der Waals surface area (Å²) < 4.78 is 5.32. The molecule has 0 radical (unpaired) electrons. The molecule has 0 spiro atoms. The van der Waals surface area contributed by atoms with Gasteiger partial charge in [0.15, 0.2) is 5.65 Å². The van der Waals surface area contributed by atoms with Crippen LogP contribution in [0.25, 0.3) is 33.4 Å². The number of hydrogen-bond donors (Lipinski definition) is 3. The fraction of sp³-hybridized carbons (Fsp3) is 0.431. The molecule has 3 amide bonds. The number of piperazine rings is 1. The highest BCUT2D eigenvalue weighted by Crippen LogP contribution is 2.34. The molecule has 3 fully saturated rings. The number of carbonyl (C=O) groups is 3. The van der Waals surface area contributed by atoms with E-state index in [1.165, 1.54) is 30.6 Å². The first kappa shape index (κ1) is 43.8. The minimum Gasteiger partial charge on any atom is -0.372 e. The Morgan fingerprint density at radius 1 is 0.846 bits per heavy atom. The maximum absolute atomic E-state index is 13.0. The number of anilines is 2. The van der Waals surface area contributed by atoms with Gasteiger partial charge in [-0.05, 0) is 123 Å². The molecule has 14 nitrogen and oxygen atoms in total. The Morgan fingerprint density at radius 3 is 2.26 bits per heavy atom. The van der Waals surface area contributed by atoms with Gasteiger partial charge in [0.1, 0.15) is 5.69 Å². The van der Waals surface area contributed by atoms with E-state index in [2.05, 4.69) is 107 Å². The molecule has 2 unspecified atom stereocenters. The smallest absolute Gasteiger partial charge is 0.293 e. The monoisotopic (exact) mass is 876 g/mol. The van der Waals surface area contributed by atoms with E-state index in [9.17, 15) is 14.4 Å². The van der Waals surface area contributed by atoms with Crippen LogP contribution in [0.2, 0.25) is 0 Å². The van der Waals surface area contributed by atoms with Crippen LogP contribution in [0.15, 0.2) is 77.4 Å². The number of nitrogens with zero attached hydrogens (tertiary/aromatic N) is 7. The molecular weight excluding hydrogens is 817 g/mol. The predicted molar refractivity (Wildman–Crippen MR) is 253 cm³/mol. The van der Waals surface area contributed by atoms with Gasteiger partial charge in [-0.25, -0.2) is 4.98 Å². The number of hydrogen-bond acceptors (Lipinski definition) is 11. The van der Waals surface area contributed by atoms with Crippen LogP contribution in [0.4, 0.5) is 11.4 Å². The van der Waals surface area contributed by atoms with Crippen LogP contribution in [-0.4, -0.2) is 93.8 Å². The van der Waals surface area contributed by atoms with Gasteiger partial charge in [0, 0.05) is 85.2 Å². The van der Waals surface area contributed by atoms with Crippen molar-refractivity contribution in [1.82, 2.24) is 40.9 Å². The molecule has 6 aromatic rings. The topological polar surface area (TPSA) is 165 Å². The minimum atomic E-state index is -0.380. The highest BCUT2D eigenvalue weighted by molar-refractivity contribution is 6.01. The first-order chi connectivity index (χ1) is 31.3. The molecule has 3 aromatic carbocycles. The lowest BCUT2D eigenvalue weighted by Crippen LogP contribution is -2.47. The van der Waals surface area contributed by atoms with Crippen LogP contribution in [0.1, 0.15) is 111 Å². The molecule has 3 saturated heterocycles. The molecule has 14 heteroatoms. The zero-order chi connectivity index (χ0) is 45.4. The van der Waals surface area contributed by atoms with E-state index in [1.54, 1.807) is 0 Å². The number of aryl methyl sites for hydroxylation is 2. The first-order valence-corrected chi connectivity index (χ1v) is 23.1. The maximum Gasteiger partial charge on any atom is 0.293 e. The van der Waals surface area contributed by atoms with Crippen molar-refractivity contribution < 1.29 is 18.9 Å². The summed E-state index contributed by atoms with van der Waals surface area (Å²) in [5.74, 6) is 0.217. The van der Waals surface area contributed by atoms with Crippen LogP contribution >= 0.6 is 0 Å². The third-order valence-corrected chi connectivity index (χ3v) is 13.7. The molecule has 3 N–H and O–H groups in total. The highest BCUT2D eigenvalue weighted by Gasteiger charge is 2.30. The summed E-state index contributed by atoms with van der Waals surface area (Å²) in [6.07, 6.45) is 6.51. The molecule has 6 heterocycles. The van der Waals surface area contributed by atoms with E-state index in [0.717, 1.165) is 107 Å². The summed E-state index contributed by atoms with van der Waals surface area (Å²) in [7, 11) is 0. The Kier molecular flexibility index (Phi) is 12.3. The Balaban J connectivity index is 0.752. The zero-order valence-corrected chi connectivity index (χ0v) is 38.4. The van der Waals surface area contributed by atoms with Gasteiger partial charge in [0.25, 0.3) is 11.7 Å². The lowest BCUT2D eigenvalue weighted by Gasteiger charge is -2.38. The third kappa shape index (κ3) is 9.54. The molecule has 0 aliphatic carbocycles. The number of carbonyl (C=O) groups excluding carboxylic acids is 3. The second-order valence-electron chi connectivity index (χ2n) is 19.3. The number of benzene rings is 3. The van der Waals surface area contributed by atoms with Crippen molar-refractivity contribution in [3.63, 3.8) is 0 Å². The van der Waals surface area contributed by atoms with Crippen molar-refractivity contribution in [2.45, 2.75) is 91.0 Å². The number of pyridine rings is 1. The minimum absolute atomic E-state index is 0.0254. The van der Waals surface area contributed by atoms with Crippen LogP contribution < -0.4 is 20.4 Å². The van der Waals surface area contributed by atoms with Crippen LogP contribution in [0.5, 0.6) is 0 Å². The molecule has 9 rings (SSSR count). The molecule has 3 aromatic heterocycles. The van der Waals surface area contributed by atoms with Gasteiger partial charge in [-0.1, -0.05) is 56.3 Å². The molecule has 65 heavy (non-hydrogen) atoms. The molecule has 0 saturated carbocycles. The lowest BCUT2D eigenvalue weighted by molar-refractivity contribution is -0.134. The average Bonchev–Trinajstić information content (AvgIpc) is 3.98. The number of aromatic nitrogens is 5. The largest absolute Gasteiger partial charge is 0.372 e. The Bertz CT molecular complexity index is 2700. The van der Waals surface area contributed by atoms with E-state index in [0.29, 0.717) is 18.7 Å². The summed E-state index contributed by atoms with van der Waals surface area (Å²) in [5.41, 5.74) is 10.9. The van der Waals surface area contributed by atoms with Crippen LogP contribution in [0, 0.1) is 19.8 Å². The number of fused-ring (bicyclic) bond motifs is 1. The average molecular weight is 877 g/mol. The molecule has 338 valence electrons. The standard InChI is InChI=1S/C51H60N10O4/c1-31-27-36(9-13-40(31)33(3)53-49(64)47-55-50(65-58-47)51(4,5)6)45-43-29-37(30-52-46(43)57-56-45)35-7-10-38(11-8-35)61-25-23-59(24-26-61)20-17-34-18-21-60(22-19-34)39-12-14-41(32(2)28-39)42-15-16-44(62)54-48(42)63/h7-14,27-30,33-34,42H,15-26H2,1-6H3,(H,53,64)(H,52,56,57)(H,54,62,63). The normalized spacial score (nSPS) is 18.3. The van der Waals surface area contributed by atoms with Gasteiger partial charge in [-0.3, -0.25) is 29.7 Å². The highest BCUT2D eigenvalue weighted by atomic mass is 16.5. The van der Waals surface area contributed by atoms with Crippen molar-refractivity contribution in [2.24, 2.45) is 5.92 Å². The Hall–Kier alpha value is -6.41. The number of imide groups is 1. The van der Waals surface area contributed by atoms with E-state index < -0.39 is 0 Å². The SMILES string of the molecule is Cc1cc(-c2n[nH]c3ncc(-c4ccc(N5CCN(CCC6CCN(c7ccc(C8CCC(=O)NC8=O)c(C)c7)CC6)CC5)cc4)cc23)ccc1C(C)NC(=O)c1noc(C(C)(C)C)n1. The summed E-state index contributed by atoms with van der Waals surface area (Å²) in [6.45, 7) is 19.4. The number of amides is 3. The second-order valence-corrected chi connectivity index (χ2v) is 19.3. The van der Waals surface area contributed by atoms with E-state index in [-0.39, 0.29) is 40.9 Å². The fourth-order valence-electron chi connectivity index (χ4n) is 9.73. The van der Waals surface area contributed by atoms with Gasteiger partial charge in [-0.15, -0.1) is 0 Å². The van der Waals surface area contributed by atoms with Crippen molar-refractivity contribution in [3.05, 3.63) is 107 Å². The van der Waals surface area contributed by atoms with Crippen molar-refractivity contribution >= 4 is 40.1 Å². The van der Waals surface area contributed by atoms with Gasteiger partial charge in [0.2, 0.25) is 17.7 Å². The Morgan fingerprint density at radius 2 is 1.57 bits per heavy atom. The van der Waals surface area contributed by atoms with Gasteiger partial charge in [-0.2, -0.15) is 10.1 Å². The number of H-pyrrole nitrogens is 1. The maximum atomic E-state index is 13.0. The van der Waals surface area contributed by atoms with Crippen molar-refractivity contribution in [1.29, 1.82) is 0 Å². The van der Waals surface area contributed by atoms with Crippen molar-refractivity contribution in [3.8, 4) is 22.4 Å². The number of aromatic amines is 1. The quantitative estimate of drug-likeness (QED) is 0.108. The van der Waals surface area contributed by atoms with Crippen LogP contribution in [0.3, 0.4) is 0 Å².